The Labute approximate surface area is 117 Å². The van der Waals surface area contributed by atoms with Crippen LogP contribution in [0.15, 0.2) is 16.0 Å². The van der Waals surface area contributed by atoms with Crippen molar-refractivity contribution in [3.63, 3.8) is 0 Å². The number of hydrogen-bond acceptors (Lipinski definition) is 6. The van der Waals surface area contributed by atoms with Crippen molar-refractivity contribution in [1.82, 2.24) is 9.55 Å². The number of rotatable bonds is 3. The van der Waals surface area contributed by atoms with Crippen LogP contribution in [-0.2, 0) is 4.74 Å². The molecule has 0 saturated carbocycles. The van der Waals surface area contributed by atoms with Crippen LogP contribution in [0.1, 0.15) is 18.2 Å². The molecule has 4 N–H and O–H groups in total. The van der Waals surface area contributed by atoms with Crippen molar-refractivity contribution >= 4 is 27.8 Å². The SMILES string of the molecule is Nc1nc(=O)n([C@@H]2O[C@H](CO)C[C@H]2O)cc1C=CBr. The molecule has 0 unspecified atom stereocenters. The second kappa shape index (κ2) is 5.83. The maximum atomic E-state index is 11.8. The maximum Gasteiger partial charge on any atom is 0.351 e. The molecule has 0 bridgehead atoms. The van der Waals surface area contributed by atoms with Crippen molar-refractivity contribution in [2.24, 2.45) is 0 Å². The Hall–Kier alpha value is -1.22. The third-order valence-corrected chi connectivity index (χ3v) is 3.16. The minimum absolute atomic E-state index is 0.100. The molecule has 1 aliphatic rings. The van der Waals surface area contributed by atoms with Gasteiger partial charge in [0.25, 0.3) is 0 Å². The summed E-state index contributed by atoms with van der Waals surface area (Å²) < 4.78 is 6.59. The van der Waals surface area contributed by atoms with Gasteiger partial charge in [-0.15, -0.1) is 0 Å². The average Bonchev–Trinajstić information content (AvgIpc) is 2.74. The molecule has 0 radical (unpaired) electrons. The molecule has 0 amide bonds. The normalized spacial score (nSPS) is 27.2. The Morgan fingerprint density at radius 1 is 1.68 bits per heavy atom. The molecule has 2 rings (SSSR count). The van der Waals surface area contributed by atoms with E-state index in [1.54, 1.807) is 11.1 Å². The quantitative estimate of drug-likeness (QED) is 0.709. The van der Waals surface area contributed by atoms with E-state index in [1.807, 2.05) is 0 Å². The van der Waals surface area contributed by atoms with Crippen molar-refractivity contribution in [2.75, 3.05) is 12.3 Å². The lowest BCUT2D eigenvalue weighted by Gasteiger charge is -2.17. The number of nitrogens with zero attached hydrogens (tertiary/aromatic N) is 2. The summed E-state index contributed by atoms with van der Waals surface area (Å²) in [5.41, 5.74) is 5.55. The molecule has 104 valence electrons. The number of aliphatic hydroxyl groups excluding tert-OH is 2. The van der Waals surface area contributed by atoms with Gasteiger partial charge >= 0.3 is 5.69 Å². The van der Waals surface area contributed by atoms with Gasteiger partial charge in [0.05, 0.1) is 12.7 Å². The summed E-state index contributed by atoms with van der Waals surface area (Å²) in [5.74, 6) is 0.100. The standard InChI is InChI=1S/C11H14BrN3O4/c12-2-1-6-4-15(11(18)14-9(6)13)10-8(17)3-7(5-16)19-10/h1-2,4,7-8,10,16-17H,3,5H2,(H2,13,14,18)/t7-,8+,10+/m0/s1. The molecule has 7 nitrogen and oxygen atoms in total. The lowest BCUT2D eigenvalue weighted by atomic mass is 10.2. The molecule has 1 fully saturated rings. The van der Waals surface area contributed by atoms with Gasteiger partial charge in [0.15, 0.2) is 6.23 Å². The van der Waals surface area contributed by atoms with Crippen molar-refractivity contribution in [3.8, 4) is 0 Å². The number of aromatic nitrogens is 2. The molecule has 0 aliphatic carbocycles. The minimum Gasteiger partial charge on any atom is -0.394 e. The third-order valence-electron chi connectivity index (χ3n) is 2.90. The van der Waals surface area contributed by atoms with Gasteiger partial charge in [-0.1, -0.05) is 15.9 Å². The van der Waals surface area contributed by atoms with Crippen LogP contribution in [0.3, 0.4) is 0 Å². The van der Waals surface area contributed by atoms with E-state index in [-0.39, 0.29) is 18.8 Å². The smallest absolute Gasteiger partial charge is 0.351 e. The van der Waals surface area contributed by atoms with E-state index in [4.69, 9.17) is 15.6 Å². The fraction of sp³-hybridized carbons (Fsp3) is 0.455. The van der Waals surface area contributed by atoms with E-state index >= 15 is 0 Å². The summed E-state index contributed by atoms with van der Waals surface area (Å²) in [6.07, 6.45) is 1.14. The Bertz CT molecular complexity index is 545. The molecule has 0 aromatic carbocycles. The van der Waals surface area contributed by atoms with Gasteiger partial charge < -0.3 is 20.7 Å². The fourth-order valence-corrected chi connectivity index (χ4v) is 2.26. The van der Waals surface area contributed by atoms with Gasteiger partial charge in [0, 0.05) is 18.2 Å². The number of hydrogen-bond donors (Lipinski definition) is 3. The number of aliphatic hydroxyl groups is 2. The number of anilines is 1. The first-order valence-corrected chi connectivity index (χ1v) is 6.58. The van der Waals surface area contributed by atoms with Gasteiger partial charge in [0.1, 0.15) is 11.9 Å². The van der Waals surface area contributed by atoms with E-state index in [0.717, 1.165) is 0 Å². The summed E-state index contributed by atoms with van der Waals surface area (Å²) in [6.45, 7) is -0.209. The van der Waals surface area contributed by atoms with Crippen LogP contribution in [0.4, 0.5) is 5.82 Å². The Morgan fingerprint density at radius 3 is 3.00 bits per heavy atom. The topological polar surface area (TPSA) is 111 Å². The number of nitrogens with two attached hydrogens (primary N) is 1. The van der Waals surface area contributed by atoms with Crippen LogP contribution in [-0.4, -0.2) is 38.6 Å². The number of halogens is 1. The molecule has 2 heterocycles. The van der Waals surface area contributed by atoms with Crippen molar-refractivity contribution in [1.29, 1.82) is 0 Å². The molecule has 8 heteroatoms. The molecule has 1 aromatic rings. The zero-order valence-electron chi connectivity index (χ0n) is 9.94. The summed E-state index contributed by atoms with van der Waals surface area (Å²) >= 11 is 3.11. The molecule has 3 atom stereocenters. The van der Waals surface area contributed by atoms with E-state index in [9.17, 15) is 9.90 Å². The van der Waals surface area contributed by atoms with Gasteiger partial charge in [-0.2, -0.15) is 4.98 Å². The van der Waals surface area contributed by atoms with E-state index < -0.39 is 24.1 Å². The Kier molecular flexibility index (Phi) is 4.35. The molecule has 0 spiro atoms. The predicted molar refractivity (Wildman–Crippen MR) is 72.5 cm³/mol. The monoisotopic (exact) mass is 331 g/mol. The first kappa shape index (κ1) is 14.2. The van der Waals surface area contributed by atoms with Crippen LogP contribution in [0.25, 0.3) is 6.08 Å². The van der Waals surface area contributed by atoms with E-state index in [1.165, 1.54) is 10.8 Å². The third kappa shape index (κ3) is 2.86. The highest BCUT2D eigenvalue weighted by molar-refractivity contribution is 9.11. The Morgan fingerprint density at radius 2 is 2.42 bits per heavy atom. The lowest BCUT2D eigenvalue weighted by molar-refractivity contribution is -0.0529. The van der Waals surface area contributed by atoms with Gasteiger partial charge in [-0.05, 0) is 11.1 Å². The predicted octanol–water partition coefficient (Wildman–Crippen LogP) is -0.168. The summed E-state index contributed by atoms with van der Waals surface area (Å²) in [4.78, 5) is 17.1. The summed E-state index contributed by atoms with van der Waals surface area (Å²) in [5, 5.41) is 18.9. The first-order valence-electron chi connectivity index (χ1n) is 5.66. The van der Waals surface area contributed by atoms with Crippen molar-refractivity contribution in [2.45, 2.75) is 24.9 Å². The zero-order chi connectivity index (χ0) is 14.0. The highest BCUT2D eigenvalue weighted by Gasteiger charge is 2.35. The van der Waals surface area contributed by atoms with Crippen molar-refractivity contribution in [3.05, 3.63) is 27.2 Å². The summed E-state index contributed by atoms with van der Waals surface area (Å²) in [7, 11) is 0. The first-order chi connectivity index (χ1) is 9.06. The zero-order valence-corrected chi connectivity index (χ0v) is 11.5. The van der Waals surface area contributed by atoms with Gasteiger partial charge in [-0.25, -0.2) is 4.79 Å². The van der Waals surface area contributed by atoms with Crippen LogP contribution in [0.5, 0.6) is 0 Å². The van der Waals surface area contributed by atoms with E-state index in [2.05, 4.69) is 20.9 Å². The lowest BCUT2D eigenvalue weighted by Crippen LogP contribution is -2.32. The van der Waals surface area contributed by atoms with Gasteiger partial charge in [0.2, 0.25) is 0 Å². The fourth-order valence-electron chi connectivity index (χ4n) is 1.97. The molecular weight excluding hydrogens is 318 g/mol. The van der Waals surface area contributed by atoms with Crippen LogP contribution in [0.2, 0.25) is 0 Å². The van der Waals surface area contributed by atoms with Crippen LogP contribution < -0.4 is 11.4 Å². The molecular formula is C11H14BrN3O4. The average molecular weight is 332 g/mol. The largest absolute Gasteiger partial charge is 0.394 e. The number of ether oxygens (including phenoxy) is 1. The summed E-state index contributed by atoms with van der Waals surface area (Å²) in [6, 6.07) is 0. The highest BCUT2D eigenvalue weighted by atomic mass is 79.9. The molecule has 1 aliphatic heterocycles. The Balaban J connectivity index is 2.39. The maximum absolute atomic E-state index is 11.8. The highest BCUT2D eigenvalue weighted by Crippen LogP contribution is 2.28. The second-order valence-electron chi connectivity index (χ2n) is 4.20. The number of nitrogen functional groups attached to an aromatic ring is 1. The second-order valence-corrected chi connectivity index (χ2v) is 4.73. The van der Waals surface area contributed by atoms with Crippen molar-refractivity contribution < 1.29 is 14.9 Å². The molecule has 19 heavy (non-hydrogen) atoms. The minimum atomic E-state index is -0.874. The molecule has 1 saturated heterocycles. The van der Waals surface area contributed by atoms with Gasteiger partial charge in [-0.3, -0.25) is 4.57 Å². The van der Waals surface area contributed by atoms with Crippen LogP contribution in [0, 0.1) is 0 Å². The van der Waals surface area contributed by atoms with Crippen LogP contribution >= 0.6 is 15.9 Å². The van der Waals surface area contributed by atoms with E-state index in [0.29, 0.717) is 5.56 Å². The molecule has 1 aromatic heterocycles.